The van der Waals surface area contributed by atoms with Crippen LogP contribution in [-0.2, 0) is 16.0 Å². The summed E-state index contributed by atoms with van der Waals surface area (Å²) in [6.07, 6.45) is 4.23. The highest BCUT2D eigenvalue weighted by Gasteiger charge is 2.37. The molecule has 134 valence electrons. The third kappa shape index (κ3) is 5.21. The lowest BCUT2D eigenvalue weighted by atomic mass is 9.74. The summed E-state index contributed by atoms with van der Waals surface area (Å²) < 4.78 is 0. The number of carbonyl (C=O) groups excluding carboxylic acids is 2. The number of nitrogens with one attached hydrogen (secondary N) is 1. The minimum absolute atomic E-state index is 0. The van der Waals surface area contributed by atoms with Gasteiger partial charge in [0.1, 0.15) is 0 Å². The summed E-state index contributed by atoms with van der Waals surface area (Å²) in [6.45, 7) is 1.96. The molecule has 6 heteroatoms. The van der Waals surface area contributed by atoms with Crippen molar-refractivity contribution in [3.05, 3.63) is 29.8 Å². The van der Waals surface area contributed by atoms with Gasteiger partial charge in [-0.05, 0) is 37.5 Å². The molecule has 1 aliphatic carbocycles. The predicted molar refractivity (Wildman–Crippen MR) is 99.3 cm³/mol. The van der Waals surface area contributed by atoms with E-state index in [1.807, 2.05) is 31.2 Å². The molecule has 0 heterocycles. The van der Waals surface area contributed by atoms with Crippen molar-refractivity contribution >= 4 is 29.9 Å². The standard InChI is InChI=1S/C18H27N3O2.ClH/c1-18(19)11-5-4-6-15(18)17(23)20-14-9-7-13(8-10-14)12-16(22)21(2)3;/h7-10,15H,4-6,11-12,19H2,1-3H3,(H,20,23);1H. The average Bonchev–Trinajstić information content (AvgIpc) is 2.48. The SMILES string of the molecule is CN(C)C(=O)Cc1ccc(NC(=O)C2CCCCC2(C)N)cc1.Cl. The van der Waals surface area contributed by atoms with Crippen LogP contribution in [0, 0.1) is 5.92 Å². The Hall–Kier alpha value is -1.59. The maximum atomic E-state index is 12.5. The summed E-state index contributed by atoms with van der Waals surface area (Å²) in [6, 6.07) is 7.43. The van der Waals surface area contributed by atoms with Gasteiger partial charge in [-0.2, -0.15) is 0 Å². The fourth-order valence-electron chi connectivity index (χ4n) is 3.06. The molecule has 3 N–H and O–H groups in total. The first-order chi connectivity index (χ1) is 10.8. The topological polar surface area (TPSA) is 75.4 Å². The first kappa shape index (κ1) is 20.5. The van der Waals surface area contributed by atoms with Crippen molar-refractivity contribution in [2.24, 2.45) is 11.7 Å². The number of rotatable bonds is 4. The minimum Gasteiger partial charge on any atom is -0.349 e. The first-order valence-electron chi connectivity index (χ1n) is 8.18. The first-order valence-corrected chi connectivity index (χ1v) is 8.18. The molecule has 0 radical (unpaired) electrons. The number of hydrogen-bond acceptors (Lipinski definition) is 3. The number of likely N-dealkylation sites (N-methyl/N-ethyl adjacent to an activating group) is 1. The number of anilines is 1. The molecule has 1 saturated carbocycles. The third-order valence-corrected chi connectivity index (χ3v) is 4.65. The van der Waals surface area contributed by atoms with E-state index in [1.165, 1.54) is 0 Å². The van der Waals surface area contributed by atoms with Gasteiger partial charge in [0.05, 0.1) is 12.3 Å². The highest BCUT2D eigenvalue weighted by atomic mass is 35.5. The number of halogens is 1. The van der Waals surface area contributed by atoms with Crippen molar-refractivity contribution in [2.45, 2.75) is 44.6 Å². The largest absolute Gasteiger partial charge is 0.349 e. The number of hydrogen-bond donors (Lipinski definition) is 2. The zero-order valence-electron chi connectivity index (χ0n) is 14.7. The summed E-state index contributed by atoms with van der Waals surface area (Å²) in [5.41, 5.74) is 7.53. The van der Waals surface area contributed by atoms with Gasteiger partial charge >= 0.3 is 0 Å². The third-order valence-electron chi connectivity index (χ3n) is 4.65. The van der Waals surface area contributed by atoms with Crippen LogP contribution in [0.15, 0.2) is 24.3 Å². The number of benzene rings is 1. The molecule has 0 spiro atoms. The van der Waals surface area contributed by atoms with Crippen LogP contribution in [0.25, 0.3) is 0 Å². The van der Waals surface area contributed by atoms with Gasteiger partial charge in [-0.3, -0.25) is 9.59 Å². The summed E-state index contributed by atoms with van der Waals surface area (Å²) in [5.74, 6) is -0.0963. The molecule has 1 aliphatic rings. The zero-order valence-corrected chi connectivity index (χ0v) is 15.5. The Balaban J connectivity index is 0.00000288. The molecule has 2 atom stereocenters. The Kier molecular flexibility index (Phi) is 7.24. The maximum absolute atomic E-state index is 12.5. The van der Waals surface area contributed by atoms with Crippen molar-refractivity contribution in [2.75, 3.05) is 19.4 Å². The van der Waals surface area contributed by atoms with Crippen LogP contribution >= 0.6 is 12.4 Å². The highest BCUT2D eigenvalue weighted by molar-refractivity contribution is 5.93. The Morgan fingerprint density at radius 2 is 1.88 bits per heavy atom. The van der Waals surface area contributed by atoms with Gasteiger partial charge in [-0.25, -0.2) is 0 Å². The molecule has 1 aromatic rings. The fraction of sp³-hybridized carbons (Fsp3) is 0.556. The summed E-state index contributed by atoms with van der Waals surface area (Å²) in [7, 11) is 3.48. The van der Waals surface area contributed by atoms with Gasteiger partial charge in [0, 0.05) is 25.3 Å². The van der Waals surface area contributed by atoms with Crippen molar-refractivity contribution < 1.29 is 9.59 Å². The molecule has 5 nitrogen and oxygen atoms in total. The molecule has 24 heavy (non-hydrogen) atoms. The van der Waals surface area contributed by atoms with Crippen LogP contribution in [0.2, 0.25) is 0 Å². The van der Waals surface area contributed by atoms with Crippen molar-refractivity contribution in [1.82, 2.24) is 4.90 Å². The van der Waals surface area contributed by atoms with Crippen LogP contribution in [-0.4, -0.2) is 36.3 Å². The van der Waals surface area contributed by atoms with Crippen LogP contribution in [0.1, 0.15) is 38.2 Å². The van der Waals surface area contributed by atoms with E-state index in [9.17, 15) is 9.59 Å². The van der Waals surface area contributed by atoms with Gasteiger partial charge < -0.3 is 16.0 Å². The number of nitrogens with two attached hydrogens (primary N) is 1. The molecule has 0 aliphatic heterocycles. The molecule has 0 bridgehead atoms. The summed E-state index contributed by atoms with van der Waals surface area (Å²) >= 11 is 0. The molecule has 2 amide bonds. The van der Waals surface area contributed by atoms with Crippen LogP contribution in [0.3, 0.4) is 0 Å². The highest BCUT2D eigenvalue weighted by Crippen LogP contribution is 2.32. The zero-order chi connectivity index (χ0) is 17.0. The van der Waals surface area contributed by atoms with Crippen LogP contribution in [0.4, 0.5) is 5.69 Å². The van der Waals surface area contributed by atoms with E-state index in [2.05, 4.69) is 5.32 Å². The van der Waals surface area contributed by atoms with Crippen molar-refractivity contribution in [3.8, 4) is 0 Å². The molecule has 2 unspecified atom stereocenters. The molecule has 0 aromatic heterocycles. The average molecular weight is 354 g/mol. The van der Waals surface area contributed by atoms with E-state index in [0.29, 0.717) is 6.42 Å². The van der Waals surface area contributed by atoms with E-state index in [4.69, 9.17) is 5.73 Å². The molecule has 1 fully saturated rings. The Morgan fingerprint density at radius 3 is 2.42 bits per heavy atom. The summed E-state index contributed by atoms with van der Waals surface area (Å²) in [5, 5.41) is 2.96. The van der Waals surface area contributed by atoms with E-state index in [-0.39, 0.29) is 30.1 Å². The Morgan fingerprint density at radius 1 is 1.25 bits per heavy atom. The molecular formula is C18H28ClN3O2. The van der Waals surface area contributed by atoms with Crippen molar-refractivity contribution in [1.29, 1.82) is 0 Å². The monoisotopic (exact) mass is 353 g/mol. The Bertz CT molecular complexity index is 570. The lowest BCUT2D eigenvalue weighted by molar-refractivity contribution is -0.128. The summed E-state index contributed by atoms with van der Waals surface area (Å²) in [4.78, 5) is 25.7. The lowest BCUT2D eigenvalue weighted by Gasteiger charge is -2.37. The van der Waals surface area contributed by atoms with Gasteiger partial charge in [0.25, 0.3) is 0 Å². The van der Waals surface area contributed by atoms with Crippen molar-refractivity contribution in [3.63, 3.8) is 0 Å². The van der Waals surface area contributed by atoms with E-state index >= 15 is 0 Å². The van der Waals surface area contributed by atoms with Gasteiger partial charge in [0.15, 0.2) is 0 Å². The van der Waals surface area contributed by atoms with Crippen LogP contribution in [0.5, 0.6) is 0 Å². The molecule has 2 rings (SSSR count). The minimum atomic E-state index is -0.430. The fourth-order valence-corrected chi connectivity index (χ4v) is 3.06. The smallest absolute Gasteiger partial charge is 0.229 e. The quantitative estimate of drug-likeness (QED) is 0.873. The number of nitrogens with zero attached hydrogens (tertiary/aromatic N) is 1. The van der Waals surface area contributed by atoms with Gasteiger partial charge in [-0.1, -0.05) is 25.0 Å². The van der Waals surface area contributed by atoms with Gasteiger partial charge in [0.2, 0.25) is 11.8 Å². The molecule has 0 saturated heterocycles. The maximum Gasteiger partial charge on any atom is 0.229 e. The van der Waals surface area contributed by atoms with Gasteiger partial charge in [-0.15, -0.1) is 12.4 Å². The van der Waals surface area contributed by atoms with Crippen LogP contribution < -0.4 is 11.1 Å². The van der Waals surface area contributed by atoms with E-state index < -0.39 is 5.54 Å². The lowest BCUT2D eigenvalue weighted by Crippen LogP contribution is -2.51. The molecule has 1 aromatic carbocycles. The van der Waals surface area contributed by atoms with E-state index in [0.717, 1.165) is 36.9 Å². The normalized spacial score (nSPS) is 23.1. The predicted octanol–water partition coefficient (Wildman–Crippen LogP) is 2.59. The van der Waals surface area contributed by atoms with E-state index in [1.54, 1.807) is 19.0 Å². The Labute approximate surface area is 150 Å². The second-order valence-electron chi connectivity index (χ2n) is 6.96. The second kappa shape index (κ2) is 8.49. The number of carbonyl (C=O) groups is 2. The number of amides is 2. The molecular weight excluding hydrogens is 326 g/mol. The second-order valence-corrected chi connectivity index (χ2v) is 6.96.